The maximum Gasteiger partial charge on any atom is 0.257 e. The van der Waals surface area contributed by atoms with E-state index in [2.05, 4.69) is 5.32 Å². The van der Waals surface area contributed by atoms with Crippen LogP contribution in [0.2, 0.25) is 0 Å². The second-order valence-electron chi connectivity index (χ2n) is 10.7. The third kappa shape index (κ3) is 5.37. The van der Waals surface area contributed by atoms with Gasteiger partial charge in [-0.25, -0.2) is 0 Å². The molecule has 3 amide bonds. The number of likely N-dealkylation sites (tertiary alicyclic amines) is 1. The molecule has 1 unspecified atom stereocenters. The fourth-order valence-electron chi connectivity index (χ4n) is 5.86. The number of hydrogen-bond donors (Lipinski definition) is 1. The summed E-state index contributed by atoms with van der Waals surface area (Å²) < 4.78 is 17.2. The highest BCUT2D eigenvalue weighted by molar-refractivity contribution is 5.99. The second kappa shape index (κ2) is 11.2. The third-order valence-electron chi connectivity index (χ3n) is 8.16. The van der Waals surface area contributed by atoms with Gasteiger partial charge in [0.1, 0.15) is 11.8 Å². The van der Waals surface area contributed by atoms with Gasteiger partial charge in [-0.2, -0.15) is 0 Å². The molecule has 0 aromatic heterocycles. The van der Waals surface area contributed by atoms with Gasteiger partial charge in [0.15, 0.2) is 11.5 Å². The highest BCUT2D eigenvalue weighted by Gasteiger charge is 2.54. The number of rotatable bonds is 6. The van der Waals surface area contributed by atoms with Crippen LogP contribution >= 0.6 is 0 Å². The summed E-state index contributed by atoms with van der Waals surface area (Å²) in [6, 6.07) is 21.8. The fraction of sp³-hybridized carbons (Fsp3) is 0.344. The molecule has 0 aliphatic carbocycles. The standard InChI is InChI=1S/C32H33N3O6/c1-22-7-5-6-10-25(22)31(38)35-26(30(37)33-19-24-11-12-27-28(17-24)40-21-39-27)20-41-32(35)13-15-34(16-14-32)29(36)18-23-8-3-2-4-9-23/h2-12,17,26H,13-16,18-21H2,1H3,(H,33,37). The first-order chi connectivity index (χ1) is 19.9. The molecule has 1 N–H and O–H groups in total. The van der Waals surface area contributed by atoms with Gasteiger partial charge in [0.2, 0.25) is 18.6 Å². The Morgan fingerprint density at radius 3 is 2.41 bits per heavy atom. The summed E-state index contributed by atoms with van der Waals surface area (Å²) in [6.45, 7) is 3.30. The molecule has 9 heteroatoms. The second-order valence-corrected chi connectivity index (χ2v) is 10.7. The van der Waals surface area contributed by atoms with E-state index in [-0.39, 0.29) is 37.7 Å². The molecule has 3 aliphatic rings. The van der Waals surface area contributed by atoms with E-state index in [1.807, 2.05) is 78.6 Å². The molecule has 2 fully saturated rings. The van der Waals surface area contributed by atoms with Gasteiger partial charge in [-0.05, 0) is 41.8 Å². The average Bonchev–Trinajstić information content (AvgIpc) is 3.61. The number of aryl methyl sites for hydroxylation is 1. The average molecular weight is 556 g/mol. The van der Waals surface area contributed by atoms with E-state index in [0.717, 1.165) is 16.7 Å². The molecule has 3 heterocycles. The highest BCUT2D eigenvalue weighted by Crippen LogP contribution is 2.39. The number of nitrogens with one attached hydrogen (secondary N) is 1. The van der Waals surface area contributed by atoms with Crippen molar-refractivity contribution in [1.29, 1.82) is 0 Å². The van der Waals surface area contributed by atoms with Gasteiger partial charge < -0.3 is 24.4 Å². The lowest BCUT2D eigenvalue weighted by atomic mass is 9.95. The molecule has 3 aromatic rings. The fourth-order valence-corrected chi connectivity index (χ4v) is 5.86. The summed E-state index contributed by atoms with van der Waals surface area (Å²) in [5, 5.41) is 2.99. The molecule has 212 valence electrons. The van der Waals surface area contributed by atoms with E-state index in [1.54, 1.807) is 11.0 Å². The van der Waals surface area contributed by atoms with E-state index in [0.29, 0.717) is 49.4 Å². The number of piperidine rings is 1. The van der Waals surface area contributed by atoms with E-state index >= 15 is 0 Å². The van der Waals surface area contributed by atoms with Crippen LogP contribution < -0.4 is 14.8 Å². The minimum atomic E-state index is -0.969. The van der Waals surface area contributed by atoms with Crippen LogP contribution in [0, 0.1) is 6.92 Å². The zero-order valence-corrected chi connectivity index (χ0v) is 23.0. The molecule has 9 nitrogen and oxygen atoms in total. The number of hydrogen-bond acceptors (Lipinski definition) is 6. The van der Waals surface area contributed by atoms with Crippen molar-refractivity contribution < 1.29 is 28.6 Å². The SMILES string of the molecule is Cc1ccccc1C(=O)N1C(C(=O)NCc2ccc3c(c2)OCO3)COC12CCN(C(=O)Cc1ccccc1)CC2. The summed E-state index contributed by atoms with van der Waals surface area (Å²) in [5.41, 5.74) is 2.22. The topological polar surface area (TPSA) is 97.4 Å². The van der Waals surface area contributed by atoms with Crippen molar-refractivity contribution >= 4 is 17.7 Å². The number of fused-ring (bicyclic) bond motifs is 1. The molecule has 1 spiro atoms. The summed E-state index contributed by atoms with van der Waals surface area (Å²) in [6.07, 6.45) is 1.18. The number of amides is 3. The maximum absolute atomic E-state index is 14.1. The molecular weight excluding hydrogens is 522 g/mol. The lowest BCUT2D eigenvalue weighted by Crippen LogP contribution is -2.60. The lowest BCUT2D eigenvalue weighted by Gasteiger charge is -2.44. The number of benzene rings is 3. The van der Waals surface area contributed by atoms with E-state index in [4.69, 9.17) is 14.2 Å². The van der Waals surface area contributed by atoms with Crippen LogP contribution in [0.15, 0.2) is 72.8 Å². The smallest absolute Gasteiger partial charge is 0.257 e. The maximum atomic E-state index is 14.1. The largest absolute Gasteiger partial charge is 0.454 e. The Bertz CT molecular complexity index is 1450. The third-order valence-corrected chi connectivity index (χ3v) is 8.16. The Labute approximate surface area is 239 Å². The molecule has 1 atom stereocenters. The van der Waals surface area contributed by atoms with Crippen molar-refractivity contribution in [1.82, 2.24) is 15.1 Å². The van der Waals surface area contributed by atoms with Crippen LogP contribution in [0.1, 0.15) is 39.9 Å². The highest BCUT2D eigenvalue weighted by atomic mass is 16.7. The summed E-state index contributed by atoms with van der Waals surface area (Å²) in [4.78, 5) is 44.1. The van der Waals surface area contributed by atoms with Crippen LogP contribution in [0.4, 0.5) is 0 Å². The Morgan fingerprint density at radius 1 is 0.902 bits per heavy atom. The van der Waals surface area contributed by atoms with Crippen LogP contribution in [-0.4, -0.2) is 65.8 Å². The van der Waals surface area contributed by atoms with Crippen LogP contribution in [0.3, 0.4) is 0 Å². The van der Waals surface area contributed by atoms with Gasteiger partial charge in [0.05, 0.1) is 13.0 Å². The van der Waals surface area contributed by atoms with Gasteiger partial charge in [0, 0.05) is 38.0 Å². The lowest BCUT2D eigenvalue weighted by molar-refractivity contribution is -0.143. The van der Waals surface area contributed by atoms with Crippen molar-refractivity contribution in [3.05, 3.63) is 95.1 Å². The predicted molar refractivity (Wildman–Crippen MR) is 150 cm³/mol. The van der Waals surface area contributed by atoms with Crippen molar-refractivity contribution in [3.63, 3.8) is 0 Å². The zero-order valence-electron chi connectivity index (χ0n) is 23.0. The minimum absolute atomic E-state index is 0.0406. The number of ether oxygens (including phenoxy) is 3. The minimum Gasteiger partial charge on any atom is -0.454 e. The van der Waals surface area contributed by atoms with Gasteiger partial charge in [-0.3, -0.25) is 19.3 Å². The molecule has 41 heavy (non-hydrogen) atoms. The number of carbonyl (C=O) groups is 3. The predicted octanol–water partition coefficient (Wildman–Crippen LogP) is 3.44. The van der Waals surface area contributed by atoms with Crippen molar-refractivity contribution in [2.24, 2.45) is 0 Å². The molecule has 2 saturated heterocycles. The van der Waals surface area contributed by atoms with Crippen molar-refractivity contribution in [3.8, 4) is 11.5 Å². The van der Waals surface area contributed by atoms with Crippen LogP contribution in [-0.2, 0) is 27.3 Å². The van der Waals surface area contributed by atoms with Crippen molar-refractivity contribution in [2.75, 3.05) is 26.5 Å². The Balaban J connectivity index is 1.19. The molecule has 0 radical (unpaired) electrons. The molecule has 0 saturated carbocycles. The van der Waals surface area contributed by atoms with Crippen molar-refractivity contribution in [2.45, 2.75) is 44.5 Å². The molecular formula is C32H33N3O6. The normalized spacial score (nSPS) is 18.9. The number of nitrogens with zero attached hydrogens (tertiary/aromatic N) is 2. The van der Waals surface area contributed by atoms with E-state index in [9.17, 15) is 14.4 Å². The monoisotopic (exact) mass is 555 g/mol. The quantitative estimate of drug-likeness (QED) is 0.501. The first kappa shape index (κ1) is 26.8. The van der Waals surface area contributed by atoms with Crippen LogP contribution in [0.5, 0.6) is 11.5 Å². The van der Waals surface area contributed by atoms with Gasteiger partial charge >= 0.3 is 0 Å². The van der Waals surface area contributed by atoms with Gasteiger partial charge in [-0.15, -0.1) is 0 Å². The first-order valence-electron chi connectivity index (χ1n) is 13.9. The molecule has 3 aromatic carbocycles. The molecule has 6 rings (SSSR count). The van der Waals surface area contributed by atoms with Crippen LogP contribution in [0.25, 0.3) is 0 Å². The summed E-state index contributed by atoms with van der Waals surface area (Å²) >= 11 is 0. The Hall–Kier alpha value is -4.37. The van der Waals surface area contributed by atoms with E-state index in [1.165, 1.54) is 0 Å². The molecule has 3 aliphatic heterocycles. The first-order valence-corrected chi connectivity index (χ1v) is 13.9. The zero-order chi connectivity index (χ0) is 28.4. The Kier molecular flexibility index (Phi) is 7.36. The number of carbonyl (C=O) groups excluding carboxylic acids is 3. The molecule has 0 bridgehead atoms. The van der Waals surface area contributed by atoms with E-state index < -0.39 is 11.8 Å². The van der Waals surface area contributed by atoms with Gasteiger partial charge in [-0.1, -0.05) is 54.6 Å². The summed E-state index contributed by atoms with van der Waals surface area (Å²) in [7, 11) is 0. The Morgan fingerprint density at radius 2 is 1.63 bits per heavy atom. The van der Waals surface area contributed by atoms with Gasteiger partial charge in [0.25, 0.3) is 5.91 Å². The summed E-state index contributed by atoms with van der Waals surface area (Å²) in [5.74, 6) is 0.829.